The Kier molecular flexibility index (Phi) is 6.34. The second-order valence-electron chi connectivity index (χ2n) is 6.54. The number of hydrogen-bond donors (Lipinski definition) is 1. The van der Waals surface area contributed by atoms with Gasteiger partial charge in [0.05, 0.1) is 0 Å². The van der Waals surface area contributed by atoms with Gasteiger partial charge in [-0.05, 0) is 34.9 Å². The van der Waals surface area contributed by atoms with Gasteiger partial charge in [-0.2, -0.15) is 11.8 Å². The van der Waals surface area contributed by atoms with E-state index < -0.39 is 17.7 Å². The van der Waals surface area contributed by atoms with Gasteiger partial charge in [0.1, 0.15) is 6.04 Å². The molecule has 1 fully saturated rings. The molecule has 122 valence electrons. The van der Waals surface area contributed by atoms with Crippen molar-refractivity contribution in [2.75, 3.05) is 45.2 Å². The van der Waals surface area contributed by atoms with Crippen LogP contribution in [-0.2, 0) is 4.79 Å². The van der Waals surface area contributed by atoms with Crippen LogP contribution in [0.15, 0.2) is 0 Å². The van der Waals surface area contributed by atoms with Crippen LogP contribution in [0.3, 0.4) is 0 Å². The van der Waals surface area contributed by atoms with Crippen LogP contribution >= 0.6 is 11.8 Å². The van der Waals surface area contributed by atoms with E-state index in [4.69, 9.17) is 0 Å². The molecular formula is C14H27N3O3S. The van der Waals surface area contributed by atoms with Gasteiger partial charge in [-0.25, -0.2) is 4.79 Å². The van der Waals surface area contributed by atoms with Crippen LogP contribution in [0.5, 0.6) is 0 Å². The number of carbonyl (C=O) groups excluding carboxylic acids is 1. The van der Waals surface area contributed by atoms with Gasteiger partial charge in [-0.15, -0.1) is 0 Å². The molecule has 1 aliphatic heterocycles. The molecule has 6 nitrogen and oxygen atoms in total. The van der Waals surface area contributed by atoms with Gasteiger partial charge in [0.2, 0.25) is 5.91 Å². The Labute approximate surface area is 131 Å². The molecule has 0 radical (unpaired) electrons. The molecule has 0 aliphatic carbocycles. The predicted molar refractivity (Wildman–Crippen MR) is 85.9 cm³/mol. The van der Waals surface area contributed by atoms with Crippen molar-refractivity contribution in [3.63, 3.8) is 0 Å². The van der Waals surface area contributed by atoms with E-state index in [1.165, 1.54) is 4.90 Å². The first kappa shape index (κ1) is 18.1. The third-order valence-electron chi connectivity index (χ3n) is 3.44. The molecule has 1 aliphatic rings. The van der Waals surface area contributed by atoms with E-state index in [2.05, 4.69) is 0 Å². The molecule has 1 N–H and O–H groups in total. The fourth-order valence-electron chi connectivity index (χ4n) is 2.38. The van der Waals surface area contributed by atoms with Crippen molar-refractivity contribution in [2.24, 2.45) is 0 Å². The second kappa shape index (κ2) is 7.35. The van der Waals surface area contributed by atoms with Gasteiger partial charge in [0.15, 0.2) is 0 Å². The molecule has 0 aromatic heterocycles. The Bertz CT molecular complexity index is 382. The van der Waals surface area contributed by atoms with Crippen molar-refractivity contribution < 1.29 is 14.7 Å². The van der Waals surface area contributed by atoms with E-state index in [9.17, 15) is 14.7 Å². The first-order valence-corrected chi connectivity index (χ1v) is 8.33. The number of thioether (sulfide) groups is 1. The molecule has 1 unspecified atom stereocenters. The lowest BCUT2D eigenvalue weighted by molar-refractivity contribution is -0.136. The monoisotopic (exact) mass is 317 g/mol. The maximum atomic E-state index is 12.7. The van der Waals surface area contributed by atoms with Crippen LogP contribution in [0, 0.1) is 0 Å². The van der Waals surface area contributed by atoms with Crippen LogP contribution in [0.1, 0.15) is 20.8 Å². The normalized spacial score (nSPS) is 20.6. The molecule has 0 spiro atoms. The minimum atomic E-state index is -1.03. The summed E-state index contributed by atoms with van der Waals surface area (Å²) in [7, 11) is 3.93. The zero-order valence-corrected chi connectivity index (χ0v) is 14.4. The molecule has 1 heterocycles. The van der Waals surface area contributed by atoms with Gasteiger partial charge in [-0.3, -0.25) is 9.69 Å². The van der Waals surface area contributed by atoms with E-state index in [-0.39, 0.29) is 5.91 Å². The molecule has 2 amide bonds. The number of hydrogen-bond acceptors (Lipinski definition) is 4. The molecule has 1 atom stereocenters. The first-order chi connectivity index (χ1) is 9.64. The van der Waals surface area contributed by atoms with Gasteiger partial charge >= 0.3 is 6.09 Å². The number of carbonyl (C=O) groups is 2. The maximum Gasteiger partial charge on any atom is 0.408 e. The summed E-state index contributed by atoms with van der Waals surface area (Å²) in [6.07, 6.45) is -1.03. The van der Waals surface area contributed by atoms with E-state index in [0.29, 0.717) is 18.8 Å². The van der Waals surface area contributed by atoms with E-state index in [1.807, 2.05) is 39.8 Å². The summed E-state index contributed by atoms with van der Waals surface area (Å²) >= 11 is 1.65. The summed E-state index contributed by atoms with van der Waals surface area (Å²) < 4.78 is 0. The number of amides is 2. The lowest BCUT2D eigenvalue weighted by Gasteiger charge is -2.39. The van der Waals surface area contributed by atoms with Crippen molar-refractivity contribution in [3.8, 4) is 0 Å². The number of carboxylic acid groups (broad SMARTS) is 1. The molecule has 0 saturated carbocycles. The Balaban J connectivity index is 2.93. The zero-order valence-electron chi connectivity index (χ0n) is 13.6. The zero-order chi connectivity index (χ0) is 16.2. The standard InChI is InChI=1S/C14H27N3O3S/c1-14(2,3)17(13(19)20)11-10-21-9-8-16(12(11)18)7-6-15(4)5/h11H,6-10H2,1-5H3,(H,19,20). The first-order valence-electron chi connectivity index (χ1n) is 7.18. The third kappa shape index (κ3) is 5.07. The minimum Gasteiger partial charge on any atom is -0.465 e. The van der Waals surface area contributed by atoms with Crippen LogP contribution in [0.2, 0.25) is 0 Å². The topological polar surface area (TPSA) is 64.1 Å². The van der Waals surface area contributed by atoms with Gasteiger partial charge in [0.25, 0.3) is 0 Å². The fourth-order valence-corrected chi connectivity index (χ4v) is 3.41. The lowest BCUT2D eigenvalue weighted by Crippen LogP contribution is -2.58. The quantitative estimate of drug-likeness (QED) is 0.846. The van der Waals surface area contributed by atoms with Crippen molar-refractivity contribution in [1.29, 1.82) is 0 Å². The van der Waals surface area contributed by atoms with E-state index in [1.54, 1.807) is 16.7 Å². The average molecular weight is 317 g/mol. The van der Waals surface area contributed by atoms with Crippen molar-refractivity contribution in [1.82, 2.24) is 14.7 Å². The van der Waals surface area contributed by atoms with Crippen LogP contribution < -0.4 is 0 Å². The smallest absolute Gasteiger partial charge is 0.408 e. The third-order valence-corrected chi connectivity index (χ3v) is 4.46. The van der Waals surface area contributed by atoms with Crippen molar-refractivity contribution in [3.05, 3.63) is 0 Å². The summed E-state index contributed by atoms with van der Waals surface area (Å²) in [5, 5.41) is 9.51. The summed E-state index contributed by atoms with van der Waals surface area (Å²) in [4.78, 5) is 29.5. The van der Waals surface area contributed by atoms with Crippen LogP contribution in [0.25, 0.3) is 0 Å². The molecule has 0 bridgehead atoms. The number of nitrogens with zero attached hydrogens (tertiary/aromatic N) is 3. The van der Waals surface area contributed by atoms with E-state index >= 15 is 0 Å². The highest BCUT2D eigenvalue weighted by atomic mass is 32.2. The Morgan fingerprint density at radius 3 is 2.52 bits per heavy atom. The molecule has 21 heavy (non-hydrogen) atoms. The summed E-state index contributed by atoms with van der Waals surface area (Å²) in [5.41, 5.74) is -0.593. The molecule has 1 saturated heterocycles. The van der Waals surface area contributed by atoms with Gasteiger partial charge < -0.3 is 14.9 Å². The largest absolute Gasteiger partial charge is 0.465 e. The van der Waals surface area contributed by atoms with E-state index in [0.717, 1.165) is 12.3 Å². The van der Waals surface area contributed by atoms with Crippen LogP contribution in [-0.4, -0.2) is 88.6 Å². The predicted octanol–water partition coefficient (Wildman–Crippen LogP) is 1.27. The van der Waals surface area contributed by atoms with Crippen molar-refractivity contribution >= 4 is 23.8 Å². The molecule has 7 heteroatoms. The Hall–Kier alpha value is -0.950. The molecule has 1 rings (SSSR count). The Morgan fingerprint density at radius 2 is 2.05 bits per heavy atom. The van der Waals surface area contributed by atoms with Gasteiger partial charge in [0, 0.05) is 36.7 Å². The summed E-state index contributed by atoms with van der Waals surface area (Å²) in [6.45, 7) is 7.59. The summed E-state index contributed by atoms with van der Waals surface area (Å²) in [5.74, 6) is 1.31. The highest BCUT2D eigenvalue weighted by Crippen LogP contribution is 2.24. The minimum absolute atomic E-state index is 0.0702. The highest BCUT2D eigenvalue weighted by Gasteiger charge is 2.40. The number of likely N-dealkylation sites (N-methyl/N-ethyl adjacent to an activating group) is 1. The summed E-state index contributed by atoms with van der Waals surface area (Å²) in [6, 6.07) is -0.600. The fraction of sp³-hybridized carbons (Fsp3) is 0.857. The molecular weight excluding hydrogens is 290 g/mol. The van der Waals surface area contributed by atoms with Crippen molar-refractivity contribution in [2.45, 2.75) is 32.4 Å². The van der Waals surface area contributed by atoms with Crippen LogP contribution in [0.4, 0.5) is 4.79 Å². The number of rotatable bonds is 4. The molecule has 0 aromatic rings. The highest BCUT2D eigenvalue weighted by molar-refractivity contribution is 7.99. The average Bonchev–Trinajstić information content (AvgIpc) is 2.48. The Morgan fingerprint density at radius 1 is 1.43 bits per heavy atom. The maximum absolute atomic E-state index is 12.7. The second-order valence-corrected chi connectivity index (χ2v) is 7.69. The molecule has 0 aromatic carbocycles. The van der Waals surface area contributed by atoms with Gasteiger partial charge in [-0.1, -0.05) is 0 Å². The SMILES string of the molecule is CN(C)CCN1CCSCC(N(C(=O)O)C(C)(C)C)C1=O. The lowest BCUT2D eigenvalue weighted by atomic mass is 10.0.